The second-order valence-corrected chi connectivity index (χ2v) is 8.66. The summed E-state index contributed by atoms with van der Waals surface area (Å²) in [6.07, 6.45) is 3.29. The van der Waals surface area contributed by atoms with E-state index in [-0.39, 0.29) is 18.3 Å². The van der Waals surface area contributed by atoms with Crippen LogP contribution in [0.2, 0.25) is 0 Å². The Labute approximate surface area is 205 Å². The van der Waals surface area contributed by atoms with Crippen molar-refractivity contribution < 1.29 is 18.7 Å². The van der Waals surface area contributed by atoms with Gasteiger partial charge in [-0.2, -0.15) is 5.10 Å². The molecule has 1 aliphatic rings. The van der Waals surface area contributed by atoms with E-state index in [0.29, 0.717) is 38.3 Å². The van der Waals surface area contributed by atoms with Crippen molar-refractivity contribution in [3.05, 3.63) is 59.7 Å². The number of nitrogens with zero attached hydrogens (tertiary/aromatic N) is 5. The molecule has 1 aliphatic heterocycles. The Morgan fingerprint density at radius 3 is 2.60 bits per heavy atom. The molecular formula is C26H32FN5O3. The Morgan fingerprint density at radius 1 is 1.09 bits per heavy atom. The normalized spacial score (nSPS) is 13.8. The van der Waals surface area contributed by atoms with Crippen molar-refractivity contribution in [1.82, 2.24) is 19.7 Å². The van der Waals surface area contributed by atoms with Gasteiger partial charge in [0.25, 0.3) is 0 Å². The number of amides is 1. The Hall–Kier alpha value is -3.46. The first-order valence-corrected chi connectivity index (χ1v) is 11.8. The average molecular weight is 482 g/mol. The van der Waals surface area contributed by atoms with E-state index in [1.165, 1.54) is 6.07 Å². The number of rotatable bonds is 9. The molecule has 9 heteroatoms. The summed E-state index contributed by atoms with van der Waals surface area (Å²) in [6.45, 7) is 5.16. The maximum atomic E-state index is 13.8. The Morgan fingerprint density at radius 2 is 1.89 bits per heavy atom. The number of hydrogen-bond acceptors (Lipinski definition) is 6. The van der Waals surface area contributed by atoms with Crippen LogP contribution >= 0.6 is 0 Å². The van der Waals surface area contributed by atoms with Gasteiger partial charge in [-0.25, -0.2) is 9.37 Å². The molecule has 1 fully saturated rings. The summed E-state index contributed by atoms with van der Waals surface area (Å²) in [6, 6.07) is 10.7. The summed E-state index contributed by atoms with van der Waals surface area (Å²) < 4.78 is 26.0. The summed E-state index contributed by atoms with van der Waals surface area (Å²) in [7, 11) is 3.31. The molecular weight excluding hydrogens is 449 g/mol. The fourth-order valence-corrected chi connectivity index (χ4v) is 4.25. The number of hydrogen-bond donors (Lipinski definition) is 0. The van der Waals surface area contributed by atoms with E-state index in [4.69, 9.17) is 14.6 Å². The van der Waals surface area contributed by atoms with Crippen molar-refractivity contribution in [3.63, 3.8) is 0 Å². The number of aryl methyl sites for hydroxylation is 2. The summed E-state index contributed by atoms with van der Waals surface area (Å²) >= 11 is 0. The van der Waals surface area contributed by atoms with Crippen LogP contribution in [0.15, 0.2) is 42.6 Å². The van der Waals surface area contributed by atoms with Crippen molar-refractivity contribution in [3.8, 4) is 17.0 Å². The molecule has 0 saturated carbocycles. The highest BCUT2D eigenvalue weighted by Crippen LogP contribution is 2.23. The van der Waals surface area contributed by atoms with E-state index < -0.39 is 0 Å². The van der Waals surface area contributed by atoms with E-state index in [9.17, 15) is 9.18 Å². The highest BCUT2D eigenvalue weighted by atomic mass is 19.1. The number of carbonyl (C=O) groups is 1. The average Bonchev–Trinajstić information content (AvgIpc) is 3.28. The van der Waals surface area contributed by atoms with Gasteiger partial charge in [-0.05, 0) is 55.7 Å². The zero-order chi connectivity index (χ0) is 24.8. The maximum absolute atomic E-state index is 13.8. The third-order valence-corrected chi connectivity index (χ3v) is 6.29. The summed E-state index contributed by atoms with van der Waals surface area (Å²) in [5.41, 5.74) is 3.11. The molecule has 1 aromatic carbocycles. The van der Waals surface area contributed by atoms with Gasteiger partial charge in [0, 0.05) is 63.4 Å². The number of anilines is 1. The van der Waals surface area contributed by atoms with Gasteiger partial charge < -0.3 is 19.3 Å². The van der Waals surface area contributed by atoms with E-state index in [1.807, 2.05) is 23.1 Å². The quantitative estimate of drug-likeness (QED) is 0.437. The molecule has 1 saturated heterocycles. The third-order valence-electron chi connectivity index (χ3n) is 6.29. The smallest absolute Gasteiger partial charge is 0.244 e. The summed E-state index contributed by atoms with van der Waals surface area (Å²) in [5, 5.41) is 4.72. The molecule has 0 radical (unpaired) electrons. The van der Waals surface area contributed by atoms with Crippen LogP contribution in [0.4, 0.5) is 10.2 Å². The predicted molar refractivity (Wildman–Crippen MR) is 132 cm³/mol. The van der Waals surface area contributed by atoms with E-state index >= 15 is 0 Å². The lowest BCUT2D eigenvalue weighted by Gasteiger charge is -2.35. The van der Waals surface area contributed by atoms with Gasteiger partial charge in [0.15, 0.2) is 0 Å². The molecule has 0 N–H and O–H groups in total. The van der Waals surface area contributed by atoms with Gasteiger partial charge in [-0.15, -0.1) is 0 Å². The van der Waals surface area contributed by atoms with Gasteiger partial charge in [0.2, 0.25) is 5.91 Å². The molecule has 1 amide bonds. The van der Waals surface area contributed by atoms with Crippen molar-refractivity contribution in [2.24, 2.45) is 0 Å². The number of carbonyl (C=O) groups excluding carboxylic acids is 1. The summed E-state index contributed by atoms with van der Waals surface area (Å²) in [5.74, 6) is 1.40. The molecule has 3 heterocycles. The number of ether oxygens (including phenoxy) is 2. The van der Waals surface area contributed by atoms with Crippen molar-refractivity contribution in [1.29, 1.82) is 0 Å². The molecule has 0 spiro atoms. The van der Waals surface area contributed by atoms with Gasteiger partial charge in [-0.3, -0.25) is 9.48 Å². The molecule has 3 aromatic rings. The largest absolute Gasteiger partial charge is 0.497 e. The first kappa shape index (κ1) is 24.7. The van der Waals surface area contributed by atoms with Crippen LogP contribution < -0.4 is 9.64 Å². The number of piperazine rings is 1. The Balaban J connectivity index is 1.44. The second kappa shape index (κ2) is 11.3. The lowest BCUT2D eigenvalue weighted by atomic mass is 10.1. The number of halogens is 1. The molecule has 0 bridgehead atoms. The zero-order valence-electron chi connectivity index (χ0n) is 20.5. The monoisotopic (exact) mass is 481 g/mol. The number of aromatic nitrogens is 3. The van der Waals surface area contributed by atoms with Crippen molar-refractivity contribution >= 4 is 11.7 Å². The topological polar surface area (TPSA) is 72.7 Å². The highest BCUT2D eigenvalue weighted by Gasteiger charge is 2.23. The van der Waals surface area contributed by atoms with Crippen molar-refractivity contribution in [2.45, 2.75) is 26.3 Å². The first-order chi connectivity index (χ1) is 17.0. The van der Waals surface area contributed by atoms with Gasteiger partial charge in [-0.1, -0.05) is 0 Å². The van der Waals surface area contributed by atoms with Gasteiger partial charge in [0.1, 0.15) is 23.9 Å². The van der Waals surface area contributed by atoms with Crippen LogP contribution in [0, 0.1) is 12.7 Å². The molecule has 35 heavy (non-hydrogen) atoms. The highest BCUT2D eigenvalue weighted by molar-refractivity contribution is 5.76. The molecule has 8 nitrogen and oxygen atoms in total. The first-order valence-electron chi connectivity index (χ1n) is 11.8. The SMILES string of the molecule is COCCCc1cc(-c2ccc(F)c(C)c2)nn1CC(=O)N1CCN(c2cc(OC)ccn2)CC1. The fraction of sp³-hybridized carbons (Fsp3) is 0.423. The van der Waals surface area contributed by atoms with Crippen molar-refractivity contribution in [2.75, 3.05) is 51.9 Å². The zero-order valence-corrected chi connectivity index (χ0v) is 20.5. The molecule has 4 rings (SSSR count). The molecule has 0 atom stereocenters. The minimum atomic E-state index is -0.244. The summed E-state index contributed by atoms with van der Waals surface area (Å²) in [4.78, 5) is 21.6. The minimum Gasteiger partial charge on any atom is -0.497 e. The number of methoxy groups -OCH3 is 2. The van der Waals surface area contributed by atoms with Crippen LogP contribution in [-0.2, 0) is 22.5 Å². The van der Waals surface area contributed by atoms with Crippen LogP contribution in [0.3, 0.4) is 0 Å². The second-order valence-electron chi connectivity index (χ2n) is 8.66. The maximum Gasteiger partial charge on any atom is 0.244 e. The molecule has 0 aliphatic carbocycles. The Bertz CT molecular complexity index is 1160. The van der Waals surface area contributed by atoms with E-state index in [2.05, 4.69) is 9.88 Å². The van der Waals surface area contributed by atoms with Crippen LogP contribution in [-0.4, -0.2) is 72.6 Å². The van der Waals surface area contributed by atoms with Crippen LogP contribution in [0.1, 0.15) is 17.7 Å². The van der Waals surface area contributed by atoms with Gasteiger partial charge in [0.05, 0.1) is 12.8 Å². The number of pyridine rings is 1. The lowest BCUT2D eigenvalue weighted by Crippen LogP contribution is -2.50. The minimum absolute atomic E-state index is 0.0289. The molecule has 0 unspecified atom stereocenters. The standard InChI is InChI=1S/C26H32FN5O3/c1-19-15-20(6-7-23(19)27)24-16-21(5-4-14-34-2)32(29-24)18-26(33)31-12-10-30(11-13-31)25-17-22(35-3)8-9-28-25/h6-9,15-17H,4-5,10-14,18H2,1-3H3. The van der Waals surface area contributed by atoms with Gasteiger partial charge >= 0.3 is 0 Å². The van der Waals surface area contributed by atoms with Crippen LogP contribution in [0.5, 0.6) is 5.75 Å². The third kappa shape index (κ3) is 5.97. The molecule has 186 valence electrons. The number of benzene rings is 1. The fourth-order valence-electron chi connectivity index (χ4n) is 4.25. The Kier molecular flexibility index (Phi) is 7.97. The van der Waals surface area contributed by atoms with Crippen LogP contribution in [0.25, 0.3) is 11.3 Å². The predicted octanol–water partition coefficient (Wildman–Crippen LogP) is 3.33. The lowest BCUT2D eigenvalue weighted by molar-refractivity contribution is -0.132. The molecule has 2 aromatic heterocycles. The van der Waals surface area contributed by atoms with E-state index in [1.54, 1.807) is 44.2 Å². The van der Waals surface area contributed by atoms with E-state index in [0.717, 1.165) is 41.4 Å².